The second kappa shape index (κ2) is 9.72. The van der Waals surface area contributed by atoms with E-state index in [1.54, 1.807) is 18.8 Å². The second-order valence-corrected chi connectivity index (χ2v) is 4.60. The summed E-state index contributed by atoms with van der Waals surface area (Å²) in [4.78, 5) is 33.7. The summed E-state index contributed by atoms with van der Waals surface area (Å²) < 4.78 is 0. The molecule has 0 radical (unpaired) electrons. The number of carbonyl (C=O) groups excluding carboxylic acids is 3. The lowest BCUT2D eigenvalue weighted by Crippen LogP contribution is -2.50. The van der Waals surface area contributed by atoms with E-state index in [1.807, 2.05) is 6.26 Å². The van der Waals surface area contributed by atoms with Crippen molar-refractivity contribution in [2.24, 2.45) is 5.73 Å². The molecule has 0 spiro atoms. The van der Waals surface area contributed by atoms with Crippen LogP contribution >= 0.6 is 11.8 Å². The Kier molecular flexibility index (Phi) is 9.03. The Morgan fingerprint density at radius 3 is 2.44 bits per heavy atom. The monoisotopic (exact) mass is 276 g/mol. The van der Waals surface area contributed by atoms with Crippen molar-refractivity contribution >= 4 is 29.5 Å². The molecule has 0 bridgehead atoms. The highest BCUT2D eigenvalue weighted by molar-refractivity contribution is 7.98. The van der Waals surface area contributed by atoms with Gasteiger partial charge in [0.1, 0.15) is 6.04 Å². The number of rotatable bonds is 9. The van der Waals surface area contributed by atoms with Gasteiger partial charge in [-0.3, -0.25) is 14.4 Å². The van der Waals surface area contributed by atoms with Crippen molar-refractivity contribution in [3.63, 3.8) is 0 Å². The molecule has 0 aromatic heterocycles. The number of hydrogen-bond donors (Lipinski definition) is 4. The minimum Gasteiger partial charge on any atom is -0.368 e. The van der Waals surface area contributed by atoms with E-state index in [9.17, 15) is 14.4 Å². The summed E-state index contributed by atoms with van der Waals surface area (Å²) in [5.41, 5.74) is 4.93. The van der Waals surface area contributed by atoms with Gasteiger partial charge in [0, 0.05) is 0 Å². The molecule has 8 heteroatoms. The largest absolute Gasteiger partial charge is 0.368 e. The number of carbonyl (C=O) groups is 3. The summed E-state index contributed by atoms with van der Waals surface area (Å²) in [6.45, 7) is -0.0879. The van der Waals surface area contributed by atoms with Crippen molar-refractivity contribution in [2.75, 3.05) is 32.1 Å². The van der Waals surface area contributed by atoms with Gasteiger partial charge < -0.3 is 21.7 Å². The molecule has 0 aromatic carbocycles. The van der Waals surface area contributed by atoms with Gasteiger partial charge in [-0.2, -0.15) is 11.8 Å². The van der Waals surface area contributed by atoms with Gasteiger partial charge in [0.05, 0.1) is 13.1 Å². The average molecular weight is 276 g/mol. The standard InChI is InChI=1S/C10H20N4O3S/c1-12-6-9(16)14-7(3-4-18-2)10(17)13-5-8(11)15/h7,12H,3-6H2,1-2H3,(H2,11,15)(H,13,17)(H,14,16)/t7-/m0/s1. The Bertz CT molecular complexity index is 299. The first-order valence-corrected chi connectivity index (χ1v) is 6.89. The lowest BCUT2D eigenvalue weighted by molar-refractivity contribution is -0.129. The molecule has 0 unspecified atom stereocenters. The molecule has 0 aromatic rings. The third kappa shape index (κ3) is 7.91. The first kappa shape index (κ1) is 16.7. The number of nitrogens with two attached hydrogens (primary N) is 1. The van der Waals surface area contributed by atoms with Crippen LogP contribution in [-0.2, 0) is 14.4 Å². The molecule has 104 valence electrons. The molecule has 1 atom stereocenters. The Morgan fingerprint density at radius 1 is 1.28 bits per heavy atom. The van der Waals surface area contributed by atoms with Crippen LogP contribution in [0.2, 0.25) is 0 Å². The summed E-state index contributed by atoms with van der Waals surface area (Å²) in [5, 5.41) is 7.67. The Labute approximate surface area is 111 Å². The molecule has 5 N–H and O–H groups in total. The first-order valence-electron chi connectivity index (χ1n) is 5.50. The van der Waals surface area contributed by atoms with E-state index in [0.717, 1.165) is 5.75 Å². The predicted molar refractivity (Wildman–Crippen MR) is 71.1 cm³/mol. The van der Waals surface area contributed by atoms with Gasteiger partial charge >= 0.3 is 0 Å². The van der Waals surface area contributed by atoms with Crippen LogP contribution < -0.4 is 21.7 Å². The second-order valence-electron chi connectivity index (χ2n) is 3.62. The zero-order chi connectivity index (χ0) is 14.0. The maximum atomic E-state index is 11.7. The fraction of sp³-hybridized carbons (Fsp3) is 0.700. The Balaban J connectivity index is 4.31. The van der Waals surface area contributed by atoms with Crippen LogP contribution in [0, 0.1) is 0 Å². The van der Waals surface area contributed by atoms with E-state index in [4.69, 9.17) is 5.73 Å². The van der Waals surface area contributed by atoms with Crippen LogP contribution in [0.3, 0.4) is 0 Å². The van der Waals surface area contributed by atoms with Crippen molar-refractivity contribution in [1.29, 1.82) is 0 Å². The van der Waals surface area contributed by atoms with Crippen LogP contribution in [0.5, 0.6) is 0 Å². The lowest BCUT2D eigenvalue weighted by atomic mass is 10.2. The highest BCUT2D eigenvalue weighted by Crippen LogP contribution is 2.01. The molecule has 3 amide bonds. The van der Waals surface area contributed by atoms with Crippen LogP contribution in [0.4, 0.5) is 0 Å². The van der Waals surface area contributed by atoms with Crippen LogP contribution in [0.15, 0.2) is 0 Å². The van der Waals surface area contributed by atoms with Crippen molar-refractivity contribution in [3.05, 3.63) is 0 Å². The summed E-state index contributed by atoms with van der Waals surface area (Å²) in [5.74, 6) is -0.548. The normalized spacial score (nSPS) is 11.7. The maximum absolute atomic E-state index is 11.7. The molecule has 7 nitrogen and oxygen atoms in total. The minimum absolute atomic E-state index is 0.138. The fourth-order valence-corrected chi connectivity index (χ4v) is 1.68. The highest BCUT2D eigenvalue weighted by atomic mass is 32.2. The van der Waals surface area contributed by atoms with Gasteiger partial charge in [-0.05, 0) is 25.5 Å². The molecule has 0 rings (SSSR count). The SMILES string of the molecule is CNCC(=O)N[C@@H](CCSC)C(=O)NCC(N)=O. The van der Waals surface area contributed by atoms with Crippen LogP contribution in [0.1, 0.15) is 6.42 Å². The molecule has 0 aliphatic carbocycles. The smallest absolute Gasteiger partial charge is 0.243 e. The zero-order valence-corrected chi connectivity index (χ0v) is 11.4. The summed E-state index contributed by atoms with van der Waals surface area (Å²) in [7, 11) is 1.64. The molecule has 0 aliphatic heterocycles. The Morgan fingerprint density at radius 2 is 1.94 bits per heavy atom. The van der Waals surface area contributed by atoms with Gasteiger partial charge in [-0.15, -0.1) is 0 Å². The molecular formula is C10H20N4O3S. The summed E-state index contributed by atoms with van der Waals surface area (Å²) in [6.07, 6.45) is 2.41. The minimum atomic E-state index is -0.641. The van der Waals surface area contributed by atoms with E-state index in [-0.39, 0.29) is 19.0 Å². The van der Waals surface area contributed by atoms with E-state index < -0.39 is 17.9 Å². The quantitative estimate of drug-likeness (QED) is 0.391. The van der Waals surface area contributed by atoms with Gasteiger partial charge in [0.15, 0.2) is 0 Å². The zero-order valence-electron chi connectivity index (χ0n) is 10.6. The molecule has 0 saturated heterocycles. The number of thioether (sulfide) groups is 1. The van der Waals surface area contributed by atoms with E-state index in [0.29, 0.717) is 6.42 Å². The lowest BCUT2D eigenvalue weighted by Gasteiger charge is -2.17. The Hall–Kier alpha value is -1.28. The van der Waals surface area contributed by atoms with Crippen LogP contribution in [-0.4, -0.2) is 55.9 Å². The van der Waals surface area contributed by atoms with E-state index in [2.05, 4.69) is 16.0 Å². The third-order valence-electron chi connectivity index (χ3n) is 2.04. The summed E-state index contributed by atoms with van der Waals surface area (Å²) in [6, 6.07) is -0.641. The highest BCUT2D eigenvalue weighted by Gasteiger charge is 2.19. The van der Waals surface area contributed by atoms with Gasteiger partial charge in [0.2, 0.25) is 17.7 Å². The predicted octanol–water partition coefficient (Wildman–Crippen LogP) is -1.95. The molecular weight excluding hydrogens is 256 g/mol. The van der Waals surface area contributed by atoms with Crippen molar-refractivity contribution in [1.82, 2.24) is 16.0 Å². The molecule has 0 saturated carbocycles. The number of primary amides is 1. The number of hydrogen-bond acceptors (Lipinski definition) is 5. The average Bonchev–Trinajstić information content (AvgIpc) is 2.31. The van der Waals surface area contributed by atoms with Crippen molar-refractivity contribution in [3.8, 4) is 0 Å². The van der Waals surface area contributed by atoms with Crippen LogP contribution in [0.25, 0.3) is 0 Å². The van der Waals surface area contributed by atoms with Crippen molar-refractivity contribution < 1.29 is 14.4 Å². The van der Waals surface area contributed by atoms with Crippen molar-refractivity contribution in [2.45, 2.75) is 12.5 Å². The summed E-state index contributed by atoms with van der Waals surface area (Å²) >= 11 is 1.57. The third-order valence-corrected chi connectivity index (χ3v) is 2.68. The number of amides is 3. The molecule has 0 aliphatic rings. The van der Waals surface area contributed by atoms with E-state index in [1.165, 1.54) is 0 Å². The molecule has 0 heterocycles. The molecule has 0 fully saturated rings. The topological polar surface area (TPSA) is 113 Å². The number of nitrogens with one attached hydrogen (secondary N) is 3. The number of likely N-dealkylation sites (N-methyl/N-ethyl adjacent to an activating group) is 1. The maximum Gasteiger partial charge on any atom is 0.243 e. The molecule has 18 heavy (non-hydrogen) atoms. The van der Waals surface area contributed by atoms with E-state index >= 15 is 0 Å². The van der Waals surface area contributed by atoms with Gasteiger partial charge in [0.25, 0.3) is 0 Å². The first-order chi connectivity index (χ1) is 8.51. The van der Waals surface area contributed by atoms with Gasteiger partial charge in [-0.25, -0.2) is 0 Å². The fourth-order valence-electron chi connectivity index (χ4n) is 1.21. The van der Waals surface area contributed by atoms with Gasteiger partial charge in [-0.1, -0.05) is 0 Å².